The second-order valence-corrected chi connectivity index (χ2v) is 6.86. The Balaban J connectivity index is 3.48. The Kier molecular flexibility index (Phi) is 4.58. The Hall–Kier alpha value is 0.260. The summed E-state index contributed by atoms with van der Waals surface area (Å²) >= 11 is 1.46. The van der Waals surface area contributed by atoms with E-state index < -0.39 is 15.4 Å². The van der Waals surface area contributed by atoms with Gasteiger partial charge in [-0.2, -0.15) is 11.8 Å². The third-order valence-corrected chi connectivity index (χ3v) is 3.66. The topological polar surface area (TPSA) is 54.4 Å². The first kappa shape index (κ1) is 12.3. The van der Waals surface area contributed by atoms with Crippen LogP contribution in [0.3, 0.4) is 0 Å². The van der Waals surface area contributed by atoms with E-state index in [1.165, 1.54) is 18.0 Å². The lowest BCUT2D eigenvalue weighted by atomic mass is 10.2. The van der Waals surface area contributed by atoms with Crippen LogP contribution in [0.15, 0.2) is 0 Å². The van der Waals surface area contributed by atoms with Crippen molar-refractivity contribution < 1.29 is 13.5 Å². The molecular formula is C7H16O3S2. The predicted octanol–water partition coefficient (Wildman–Crippen LogP) is 0.535. The van der Waals surface area contributed by atoms with Crippen molar-refractivity contribution in [2.45, 2.75) is 19.4 Å². The van der Waals surface area contributed by atoms with Gasteiger partial charge in [0, 0.05) is 17.8 Å². The summed E-state index contributed by atoms with van der Waals surface area (Å²) in [6, 6.07) is 0. The minimum atomic E-state index is -2.84. The molecule has 0 aliphatic heterocycles. The Morgan fingerprint density at radius 3 is 2.25 bits per heavy atom. The largest absolute Gasteiger partial charge is 0.390 e. The van der Waals surface area contributed by atoms with Crippen LogP contribution in [0.25, 0.3) is 0 Å². The second-order valence-electron chi connectivity index (χ2n) is 3.49. The number of rotatable bonds is 5. The third-order valence-electron chi connectivity index (χ3n) is 1.05. The van der Waals surface area contributed by atoms with Crippen molar-refractivity contribution in [1.82, 2.24) is 0 Å². The standard InChI is InChI=1S/C7H16O3S2/c1-7(2,8)6-11-4-5-12(3,9)10/h8H,4-6H2,1-3H3. The molecule has 0 unspecified atom stereocenters. The van der Waals surface area contributed by atoms with Crippen molar-refractivity contribution in [2.24, 2.45) is 0 Å². The zero-order valence-electron chi connectivity index (χ0n) is 7.70. The van der Waals surface area contributed by atoms with Gasteiger partial charge in [0.05, 0.1) is 11.4 Å². The molecule has 1 N–H and O–H groups in total. The first-order valence-corrected chi connectivity index (χ1v) is 6.90. The van der Waals surface area contributed by atoms with E-state index in [1.807, 2.05) is 0 Å². The van der Waals surface area contributed by atoms with Crippen molar-refractivity contribution in [3.8, 4) is 0 Å². The van der Waals surface area contributed by atoms with Crippen LogP contribution in [0.2, 0.25) is 0 Å². The van der Waals surface area contributed by atoms with Crippen LogP contribution in [0.5, 0.6) is 0 Å². The van der Waals surface area contributed by atoms with Gasteiger partial charge in [0.1, 0.15) is 9.84 Å². The zero-order valence-corrected chi connectivity index (χ0v) is 9.33. The molecule has 0 bridgehead atoms. The highest BCUT2D eigenvalue weighted by atomic mass is 32.2. The number of aliphatic hydroxyl groups is 1. The fourth-order valence-electron chi connectivity index (χ4n) is 0.532. The van der Waals surface area contributed by atoms with Crippen molar-refractivity contribution in [3.05, 3.63) is 0 Å². The maximum absolute atomic E-state index is 10.7. The highest BCUT2D eigenvalue weighted by Crippen LogP contribution is 2.11. The average Bonchev–Trinajstić information content (AvgIpc) is 1.76. The molecule has 0 spiro atoms. The lowest BCUT2D eigenvalue weighted by Gasteiger charge is -2.15. The van der Waals surface area contributed by atoms with Gasteiger partial charge in [-0.05, 0) is 13.8 Å². The molecule has 0 aliphatic rings. The van der Waals surface area contributed by atoms with Crippen LogP contribution in [0.1, 0.15) is 13.8 Å². The summed E-state index contributed by atoms with van der Waals surface area (Å²) in [6.45, 7) is 3.42. The van der Waals surface area contributed by atoms with Crippen molar-refractivity contribution >= 4 is 21.6 Å². The highest BCUT2D eigenvalue weighted by molar-refractivity contribution is 8.00. The van der Waals surface area contributed by atoms with E-state index in [4.69, 9.17) is 0 Å². The monoisotopic (exact) mass is 212 g/mol. The lowest BCUT2D eigenvalue weighted by Crippen LogP contribution is -2.22. The molecule has 0 rings (SSSR count). The van der Waals surface area contributed by atoms with Crippen molar-refractivity contribution in [2.75, 3.05) is 23.5 Å². The van der Waals surface area contributed by atoms with E-state index in [2.05, 4.69) is 0 Å². The molecule has 0 atom stereocenters. The minimum Gasteiger partial charge on any atom is -0.390 e. The highest BCUT2D eigenvalue weighted by Gasteiger charge is 2.12. The lowest BCUT2D eigenvalue weighted by molar-refractivity contribution is 0.107. The van der Waals surface area contributed by atoms with E-state index in [-0.39, 0.29) is 5.75 Å². The van der Waals surface area contributed by atoms with Gasteiger partial charge in [0.2, 0.25) is 0 Å². The van der Waals surface area contributed by atoms with Gasteiger partial charge in [-0.1, -0.05) is 0 Å². The normalized spacial score (nSPS) is 13.3. The SMILES string of the molecule is CC(C)(O)CSCCS(C)(=O)=O. The molecular weight excluding hydrogens is 196 g/mol. The molecule has 0 saturated carbocycles. The Morgan fingerprint density at radius 2 is 1.92 bits per heavy atom. The maximum Gasteiger partial charge on any atom is 0.148 e. The van der Waals surface area contributed by atoms with Crippen molar-refractivity contribution in [1.29, 1.82) is 0 Å². The summed E-state index contributed by atoms with van der Waals surface area (Å²) in [7, 11) is -2.84. The Bertz CT molecular complexity index is 213. The van der Waals surface area contributed by atoms with Crippen LogP contribution >= 0.6 is 11.8 Å². The van der Waals surface area contributed by atoms with Crippen LogP contribution in [-0.2, 0) is 9.84 Å². The molecule has 0 heterocycles. The molecule has 0 fully saturated rings. The first-order chi connectivity index (χ1) is 5.21. The molecule has 0 amide bonds. The average molecular weight is 212 g/mol. The molecule has 12 heavy (non-hydrogen) atoms. The van der Waals surface area contributed by atoms with Gasteiger partial charge >= 0.3 is 0 Å². The van der Waals surface area contributed by atoms with Crippen LogP contribution < -0.4 is 0 Å². The number of thioether (sulfide) groups is 1. The second kappa shape index (κ2) is 4.48. The van der Waals surface area contributed by atoms with E-state index in [9.17, 15) is 13.5 Å². The maximum atomic E-state index is 10.7. The van der Waals surface area contributed by atoms with Gasteiger partial charge in [-0.15, -0.1) is 0 Å². The summed E-state index contributed by atoms with van der Waals surface area (Å²) in [4.78, 5) is 0. The van der Waals surface area contributed by atoms with Gasteiger partial charge in [-0.3, -0.25) is 0 Å². The van der Waals surface area contributed by atoms with Crippen LogP contribution in [0, 0.1) is 0 Å². The molecule has 0 aromatic heterocycles. The number of hydrogen-bond donors (Lipinski definition) is 1. The van der Waals surface area contributed by atoms with E-state index in [0.717, 1.165) is 0 Å². The zero-order chi connectivity index (χ0) is 9.83. The van der Waals surface area contributed by atoms with Crippen molar-refractivity contribution in [3.63, 3.8) is 0 Å². The summed E-state index contributed by atoms with van der Waals surface area (Å²) in [5.41, 5.74) is -0.706. The minimum absolute atomic E-state index is 0.188. The van der Waals surface area contributed by atoms with E-state index in [1.54, 1.807) is 13.8 Å². The molecule has 0 aromatic carbocycles. The quantitative estimate of drug-likeness (QED) is 0.676. The summed E-state index contributed by atoms with van der Waals surface area (Å²) in [5, 5.41) is 9.28. The van der Waals surface area contributed by atoms with E-state index >= 15 is 0 Å². The molecule has 0 radical (unpaired) electrons. The van der Waals surface area contributed by atoms with Gasteiger partial charge in [0.25, 0.3) is 0 Å². The molecule has 0 aromatic rings. The molecule has 0 saturated heterocycles. The first-order valence-electron chi connectivity index (χ1n) is 3.68. The summed E-state index contributed by atoms with van der Waals surface area (Å²) in [6.07, 6.45) is 1.22. The fraction of sp³-hybridized carbons (Fsp3) is 1.00. The smallest absolute Gasteiger partial charge is 0.148 e. The van der Waals surface area contributed by atoms with Crippen LogP contribution in [-0.4, -0.2) is 42.6 Å². The fourth-order valence-corrected chi connectivity index (χ4v) is 2.86. The molecule has 5 heteroatoms. The third kappa shape index (κ3) is 10.3. The predicted molar refractivity (Wildman–Crippen MR) is 53.3 cm³/mol. The Labute approximate surface area is 78.5 Å². The molecule has 0 aliphatic carbocycles. The number of hydrogen-bond acceptors (Lipinski definition) is 4. The van der Waals surface area contributed by atoms with Crippen LogP contribution in [0.4, 0.5) is 0 Å². The molecule has 3 nitrogen and oxygen atoms in total. The van der Waals surface area contributed by atoms with Gasteiger partial charge in [-0.25, -0.2) is 8.42 Å². The Morgan fingerprint density at radius 1 is 1.42 bits per heavy atom. The van der Waals surface area contributed by atoms with E-state index in [0.29, 0.717) is 11.5 Å². The summed E-state index contributed by atoms with van der Waals surface area (Å²) < 4.78 is 21.4. The number of sulfone groups is 1. The summed E-state index contributed by atoms with van der Waals surface area (Å²) in [5.74, 6) is 1.32. The van der Waals surface area contributed by atoms with Gasteiger partial charge < -0.3 is 5.11 Å². The van der Waals surface area contributed by atoms with Gasteiger partial charge in [0.15, 0.2) is 0 Å². The molecule has 74 valence electrons.